The second-order valence-electron chi connectivity index (χ2n) is 16.9. The lowest BCUT2D eigenvalue weighted by Crippen LogP contribution is -2.11. The first kappa shape index (κ1) is 39.4. The van der Waals surface area contributed by atoms with Crippen molar-refractivity contribution in [3.8, 4) is 34.0 Å². The first-order chi connectivity index (χ1) is 33.2. The van der Waals surface area contributed by atoms with Gasteiger partial charge in [-0.3, -0.25) is 0 Å². The highest BCUT2D eigenvalue weighted by molar-refractivity contribution is 6.12. The van der Waals surface area contributed by atoms with E-state index in [0.29, 0.717) is 5.56 Å². The maximum Gasteiger partial charge on any atom is 0.0991 e. The topological polar surface area (TPSA) is 35.2 Å². The molecule has 0 aliphatic carbocycles. The Labute approximate surface area is 389 Å². The van der Waals surface area contributed by atoms with Gasteiger partial charge in [0.25, 0.3) is 0 Å². The number of nitrogens with zero attached hydrogens (tertiary/aromatic N) is 4. The summed E-state index contributed by atoms with van der Waals surface area (Å²) in [7, 11) is 0. The van der Waals surface area contributed by atoms with Gasteiger partial charge in [-0.25, -0.2) is 0 Å². The molecule has 0 fully saturated rings. The summed E-state index contributed by atoms with van der Waals surface area (Å²) >= 11 is 0. The van der Waals surface area contributed by atoms with E-state index in [1.54, 1.807) is 0 Å². The third kappa shape index (κ3) is 7.04. The average Bonchev–Trinajstić information content (AvgIpc) is 3.74. The minimum Gasteiger partial charge on any atom is -0.310 e. The zero-order valence-electron chi connectivity index (χ0n) is 36.5. The molecular formula is C63H42N4. The van der Waals surface area contributed by atoms with Crippen molar-refractivity contribution >= 4 is 77.5 Å². The van der Waals surface area contributed by atoms with E-state index in [9.17, 15) is 5.26 Å². The van der Waals surface area contributed by atoms with Gasteiger partial charge >= 0.3 is 0 Å². The summed E-state index contributed by atoms with van der Waals surface area (Å²) < 4.78 is 2.35. The number of fused-ring (bicyclic) bond motifs is 5. The Morgan fingerprint density at radius 3 is 1.55 bits per heavy atom. The summed E-state index contributed by atoms with van der Waals surface area (Å²) in [4.78, 5) is 4.70. The van der Waals surface area contributed by atoms with Gasteiger partial charge in [0.15, 0.2) is 0 Å². The molecule has 12 aromatic rings. The number of para-hydroxylation sites is 2. The summed E-state index contributed by atoms with van der Waals surface area (Å²) in [5.41, 5.74) is 15.0. The second-order valence-corrected chi connectivity index (χ2v) is 16.9. The standard InChI is InChI=1S/C63H42N4/c64-43-44-26-32-50(33-27-44)66(53-38-40-63-59(42-53)58-23-11-12-24-61(58)67(63)49-18-5-2-6-19-49)62-41-39-54(56-21-9-10-22-57(56)62)48-30-36-52(37-31-48)65(60-25-13-17-47-16-7-8-20-55(47)60)51-34-28-46(29-35-51)45-14-3-1-4-15-45/h1-42H. The van der Waals surface area contributed by atoms with Crippen LogP contribution < -0.4 is 9.80 Å². The van der Waals surface area contributed by atoms with Crippen LogP contribution in [0, 0.1) is 11.3 Å². The molecule has 0 saturated heterocycles. The fraction of sp³-hybridized carbons (Fsp3) is 0. The minimum atomic E-state index is 0.622. The number of nitriles is 1. The molecule has 1 heterocycles. The van der Waals surface area contributed by atoms with Crippen LogP contribution in [-0.4, -0.2) is 4.57 Å². The molecule has 1 aromatic heterocycles. The molecule has 314 valence electrons. The molecule has 4 heteroatoms. The highest BCUT2D eigenvalue weighted by Gasteiger charge is 2.21. The SMILES string of the molecule is N#Cc1ccc(N(c2ccc3c(c2)c2ccccc2n3-c2ccccc2)c2ccc(-c3ccc(N(c4ccc(-c5ccccc5)cc4)c4cccc5ccccc45)cc3)c3ccccc23)cc1. The Morgan fingerprint density at radius 2 is 0.836 bits per heavy atom. The molecule has 0 radical (unpaired) electrons. The number of hydrogen-bond acceptors (Lipinski definition) is 3. The Bertz CT molecular complexity index is 3790. The van der Waals surface area contributed by atoms with E-state index < -0.39 is 0 Å². The quantitative estimate of drug-likeness (QED) is 0.145. The van der Waals surface area contributed by atoms with Crippen LogP contribution in [0.4, 0.5) is 34.1 Å². The van der Waals surface area contributed by atoms with Gasteiger partial charge in [0, 0.05) is 50.0 Å². The molecule has 0 bridgehead atoms. The highest BCUT2D eigenvalue weighted by Crippen LogP contribution is 2.45. The van der Waals surface area contributed by atoms with E-state index >= 15 is 0 Å². The lowest BCUT2D eigenvalue weighted by Gasteiger charge is -2.28. The van der Waals surface area contributed by atoms with Crippen LogP contribution in [0.3, 0.4) is 0 Å². The third-order valence-corrected chi connectivity index (χ3v) is 13.0. The Kier molecular flexibility index (Phi) is 9.86. The number of benzene rings is 11. The normalized spacial score (nSPS) is 11.3. The van der Waals surface area contributed by atoms with Crippen LogP contribution in [0.15, 0.2) is 255 Å². The lowest BCUT2D eigenvalue weighted by atomic mass is 9.95. The molecular weight excluding hydrogens is 813 g/mol. The van der Waals surface area contributed by atoms with Crippen molar-refractivity contribution in [1.82, 2.24) is 4.57 Å². The highest BCUT2D eigenvalue weighted by atomic mass is 15.1. The van der Waals surface area contributed by atoms with E-state index in [2.05, 4.69) is 251 Å². The molecule has 12 rings (SSSR count). The Morgan fingerprint density at radius 1 is 0.328 bits per heavy atom. The van der Waals surface area contributed by atoms with E-state index in [-0.39, 0.29) is 0 Å². The van der Waals surface area contributed by atoms with Gasteiger partial charge in [-0.2, -0.15) is 5.26 Å². The van der Waals surface area contributed by atoms with Crippen molar-refractivity contribution in [3.05, 3.63) is 260 Å². The van der Waals surface area contributed by atoms with Crippen molar-refractivity contribution < 1.29 is 0 Å². The van der Waals surface area contributed by atoms with Gasteiger partial charge < -0.3 is 14.4 Å². The predicted octanol–water partition coefficient (Wildman–Crippen LogP) is 17.2. The first-order valence-electron chi connectivity index (χ1n) is 22.6. The fourth-order valence-corrected chi connectivity index (χ4v) is 9.85. The predicted molar refractivity (Wildman–Crippen MR) is 281 cm³/mol. The zero-order chi connectivity index (χ0) is 44.7. The molecule has 0 amide bonds. The van der Waals surface area contributed by atoms with Gasteiger partial charge in [0.2, 0.25) is 0 Å². The Hall–Kier alpha value is -9.17. The number of rotatable bonds is 9. The summed E-state index contributed by atoms with van der Waals surface area (Å²) in [6.45, 7) is 0. The van der Waals surface area contributed by atoms with Crippen LogP contribution >= 0.6 is 0 Å². The van der Waals surface area contributed by atoms with Crippen LogP contribution in [0.5, 0.6) is 0 Å². The molecule has 0 aliphatic rings. The van der Waals surface area contributed by atoms with Crippen molar-refractivity contribution in [2.45, 2.75) is 0 Å². The van der Waals surface area contributed by atoms with Gasteiger partial charge in [-0.05, 0) is 130 Å². The molecule has 0 unspecified atom stereocenters. The van der Waals surface area contributed by atoms with Gasteiger partial charge in [0.05, 0.1) is 34.0 Å². The van der Waals surface area contributed by atoms with Crippen LogP contribution in [0.25, 0.3) is 71.3 Å². The molecule has 67 heavy (non-hydrogen) atoms. The lowest BCUT2D eigenvalue weighted by molar-refractivity contribution is 1.18. The number of hydrogen-bond donors (Lipinski definition) is 0. The van der Waals surface area contributed by atoms with Crippen LogP contribution in [0.1, 0.15) is 5.56 Å². The minimum absolute atomic E-state index is 0.622. The first-order valence-corrected chi connectivity index (χ1v) is 22.6. The zero-order valence-corrected chi connectivity index (χ0v) is 36.5. The van der Waals surface area contributed by atoms with Gasteiger partial charge in [-0.1, -0.05) is 158 Å². The summed E-state index contributed by atoms with van der Waals surface area (Å²) in [6, 6.07) is 93.0. The maximum absolute atomic E-state index is 9.78. The molecule has 4 nitrogen and oxygen atoms in total. The van der Waals surface area contributed by atoms with Crippen molar-refractivity contribution in [2.24, 2.45) is 0 Å². The van der Waals surface area contributed by atoms with Crippen molar-refractivity contribution in [2.75, 3.05) is 9.80 Å². The molecule has 0 spiro atoms. The molecule has 0 saturated carbocycles. The van der Waals surface area contributed by atoms with Gasteiger partial charge in [-0.15, -0.1) is 0 Å². The van der Waals surface area contributed by atoms with E-state index in [0.717, 1.165) is 72.7 Å². The van der Waals surface area contributed by atoms with Crippen LogP contribution in [0.2, 0.25) is 0 Å². The van der Waals surface area contributed by atoms with E-state index in [4.69, 9.17) is 0 Å². The fourth-order valence-electron chi connectivity index (χ4n) is 9.85. The smallest absolute Gasteiger partial charge is 0.0991 e. The largest absolute Gasteiger partial charge is 0.310 e. The second kappa shape index (κ2) is 16.8. The van der Waals surface area contributed by atoms with Crippen molar-refractivity contribution in [1.29, 1.82) is 5.26 Å². The Balaban J connectivity index is 0.975. The average molecular weight is 855 g/mol. The number of anilines is 6. The molecule has 0 aliphatic heterocycles. The third-order valence-electron chi connectivity index (χ3n) is 13.0. The van der Waals surface area contributed by atoms with Gasteiger partial charge in [0.1, 0.15) is 0 Å². The monoisotopic (exact) mass is 854 g/mol. The summed E-state index contributed by atoms with van der Waals surface area (Å²) in [5, 5.41) is 16.8. The van der Waals surface area contributed by atoms with Crippen molar-refractivity contribution in [3.63, 3.8) is 0 Å². The van der Waals surface area contributed by atoms with E-state index in [1.165, 1.54) is 32.7 Å². The summed E-state index contributed by atoms with van der Waals surface area (Å²) in [5.74, 6) is 0. The summed E-state index contributed by atoms with van der Waals surface area (Å²) in [6.07, 6.45) is 0. The molecule has 0 N–H and O–H groups in total. The van der Waals surface area contributed by atoms with Crippen LogP contribution in [-0.2, 0) is 0 Å². The number of aromatic nitrogens is 1. The van der Waals surface area contributed by atoms with E-state index in [1.807, 2.05) is 24.3 Å². The maximum atomic E-state index is 9.78. The molecule has 0 atom stereocenters. The molecule has 11 aromatic carbocycles.